The molecule has 19 heavy (non-hydrogen) atoms. The van der Waals surface area contributed by atoms with E-state index in [9.17, 15) is 0 Å². The zero-order valence-electron chi connectivity index (χ0n) is 12.4. The Balaban J connectivity index is 2.12. The third kappa shape index (κ3) is 2.52. The Hall–Kier alpha value is -1.36. The number of rotatable bonds is 4. The fourth-order valence-electron chi connectivity index (χ4n) is 2.57. The fourth-order valence-corrected chi connectivity index (χ4v) is 2.57. The average Bonchev–Trinajstić information content (AvgIpc) is 2.33. The average molecular weight is 264 g/mol. The van der Waals surface area contributed by atoms with Gasteiger partial charge >= 0.3 is 0 Å². The smallest absolute Gasteiger partial charge is 0.134 e. The summed E-state index contributed by atoms with van der Waals surface area (Å²) in [6.07, 6.45) is 1.32. The molecule has 1 aromatic rings. The van der Waals surface area contributed by atoms with Gasteiger partial charge in [-0.2, -0.15) is 0 Å². The summed E-state index contributed by atoms with van der Waals surface area (Å²) in [5.41, 5.74) is 6.91. The van der Waals surface area contributed by atoms with Crippen molar-refractivity contribution in [3.63, 3.8) is 0 Å². The van der Waals surface area contributed by atoms with E-state index in [-0.39, 0.29) is 5.41 Å². The number of aromatic nitrogens is 2. The lowest BCUT2D eigenvalue weighted by Gasteiger charge is -2.51. The molecule has 1 fully saturated rings. The summed E-state index contributed by atoms with van der Waals surface area (Å²) in [4.78, 5) is 8.62. The van der Waals surface area contributed by atoms with Gasteiger partial charge in [0.05, 0.1) is 6.10 Å². The first kappa shape index (κ1) is 14.1. The van der Waals surface area contributed by atoms with E-state index in [1.807, 2.05) is 20.8 Å². The number of ether oxygens (including phenoxy) is 1. The summed E-state index contributed by atoms with van der Waals surface area (Å²) in [6.45, 7) is 11.1. The van der Waals surface area contributed by atoms with Gasteiger partial charge in [0.25, 0.3) is 0 Å². The molecule has 1 saturated carbocycles. The molecule has 1 heterocycles. The number of nitrogens with two attached hydrogens (primary N) is 1. The summed E-state index contributed by atoms with van der Waals surface area (Å²) in [7, 11) is 0. The lowest BCUT2D eigenvalue weighted by Crippen LogP contribution is -2.58. The zero-order valence-corrected chi connectivity index (χ0v) is 12.4. The molecule has 0 aromatic carbocycles. The topological polar surface area (TPSA) is 73.1 Å². The molecule has 5 nitrogen and oxygen atoms in total. The molecule has 0 spiro atoms. The molecule has 0 amide bonds. The molecule has 0 radical (unpaired) electrons. The number of hydrogen-bond donors (Lipinski definition) is 2. The molecule has 1 aliphatic rings. The molecular formula is C14H24N4O. The summed E-state index contributed by atoms with van der Waals surface area (Å²) < 4.78 is 5.74. The van der Waals surface area contributed by atoms with Crippen LogP contribution in [-0.2, 0) is 4.74 Å². The van der Waals surface area contributed by atoms with Gasteiger partial charge in [0.2, 0.25) is 0 Å². The summed E-state index contributed by atoms with van der Waals surface area (Å²) in [5, 5.41) is 3.50. The van der Waals surface area contributed by atoms with Crippen LogP contribution in [0.5, 0.6) is 0 Å². The minimum atomic E-state index is 0.107. The van der Waals surface area contributed by atoms with Gasteiger partial charge in [0, 0.05) is 23.6 Å². The molecule has 0 bridgehead atoms. The summed E-state index contributed by atoms with van der Waals surface area (Å²) in [6, 6.07) is 0.358. The standard InChI is InChI=1S/C14H24N4O/c1-6-19-11-7-10(14(11,4)5)18-13-8(2)12(15)16-9(3)17-13/h10-11H,6-7H2,1-5H3,(H3,15,16,17,18). The van der Waals surface area contributed by atoms with Crippen LogP contribution >= 0.6 is 0 Å². The molecule has 0 saturated heterocycles. The summed E-state index contributed by atoms with van der Waals surface area (Å²) in [5.74, 6) is 2.09. The Kier molecular flexibility index (Phi) is 3.67. The SMILES string of the molecule is CCOC1CC(Nc2nc(C)nc(N)c2C)C1(C)C. The predicted molar refractivity (Wildman–Crippen MR) is 77.1 cm³/mol. The maximum absolute atomic E-state index is 5.88. The number of aryl methyl sites for hydroxylation is 1. The van der Waals surface area contributed by atoms with Crippen molar-refractivity contribution < 1.29 is 4.74 Å². The van der Waals surface area contributed by atoms with Gasteiger partial charge < -0.3 is 15.8 Å². The molecule has 1 aromatic heterocycles. The lowest BCUT2D eigenvalue weighted by molar-refractivity contribution is -0.0976. The van der Waals surface area contributed by atoms with Crippen molar-refractivity contribution in [1.29, 1.82) is 0 Å². The van der Waals surface area contributed by atoms with Crippen molar-refractivity contribution in [2.24, 2.45) is 5.41 Å². The van der Waals surface area contributed by atoms with Crippen LogP contribution in [0.1, 0.15) is 38.6 Å². The van der Waals surface area contributed by atoms with E-state index in [1.54, 1.807) is 0 Å². The minimum Gasteiger partial charge on any atom is -0.383 e. The Morgan fingerprint density at radius 2 is 2.05 bits per heavy atom. The first-order valence-corrected chi connectivity index (χ1v) is 6.85. The second kappa shape index (κ2) is 4.96. The van der Waals surface area contributed by atoms with Crippen molar-refractivity contribution in [1.82, 2.24) is 9.97 Å². The molecular weight excluding hydrogens is 240 g/mol. The van der Waals surface area contributed by atoms with Crippen LogP contribution in [0.25, 0.3) is 0 Å². The largest absolute Gasteiger partial charge is 0.383 e. The molecule has 2 rings (SSSR count). The van der Waals surface area contributed by atoms with E-state index in [0.29, 0.717) is 23.8 Å². The number of hydrogen-bond acceptors (Lipinski definition) is 5. The van der Waals surface area contributed by atoms with Crippen molar-refractivity contribution in [3.8, 4) is 0 Å². The molecule has 106 valence electrons. The first-order valence-electron chi connectivity index (χ1n) is 6.85. The van der Waals surface area contributed by atoms with Crippen molar-refractivity contribution in [2.75, 3.05) is 17.7 Å². The van der Waals surface area contributed by atoms with Crippen LogP contribution in [0, 0.1) is 19.3 Å². The number of anilines is 2. The first-order chi connectivity index (χ1) is 8.86. The normalized spacial score (nSPS) is 24.9. The van der Waals surface area contributed by atoms with Gasteiger partial charge in [-0.3, -0.25) is 0 Å². The van der Waals surface area contributed by atoms with Crippen LogP contribution in [0.4, 0.5) is 11.6 Å². The Morgan fingerprint density at radius 1 is 1.37 bits per heavy atom. The second-order valence-corrected chi connectivity index (χ2v) is 5.83. The summed E-state index contributed by atoms with van der Waals surface area (Å²) >= 11 is 0. The quantitative estimate of drug-likeness (QED) is 0.873. The Morgan fingerprint density at radius 3 is 2.63 bits per heavy atom. The number of nitrogen functional groups attached to an aromatic ring is 1. The lowest BCUT2D eigenvalue weighted by atomic mass is 9.64. The van der Waals surface area contributed by atoms with Gasteiger partial charge in [-0.1, -0.05) is 13.8 Å². The van der Waals surface area contributed by atoms with Crippen LogP contribution in [-0.4, -0.2) is 28.7 Å². The van der Waals surface area contributed by atoms with Gasteiger partial charge in [-0.05, 0) is 27.2 Å². The van der Waals surface area contributed by atoms with Crippen LogP contribution in [0.15, 0.2) is 0 Å². The van der Waals surface area contributed by atoms with Gasteiger partial charge in [0.15, 0.2) is 0 Å². The van der Waals surface area contributed by atoms with Crippen molar-refractivity contribution in [2.45, 2.75) is 53.2 Å². The van der Waals surface area contributed by atoms with E-state index >= 15 is 0 Å². The molecule has 0 aliphatic heterocycles. The Bertz CT molecular complexity index is 473. The monoisotopic (exact) mass is 264 g/mol. The van der Waals surface area contributed by atoms with Crippen molar-refractivity contribution >= 4 is 11.6 Å². The Labute approximate surface area is 115 Å². The highest BCUT2D eigenvalue weighted by Gasteiger charge is 2.49. The van der Waals surface area contributed by atoms with E-state index in [2.05, 4.69) is 29.1 Å². The highest BCUT2D eigenvalue weighted by atomic mass is 16.5. The van der Waals surface area contributed by atoms with E-state index in [4.69, 9.17) is 10.5 Å². The molecule has 5 heteroatoms. The second-order valence-electron chi connectivity index (χ2n) is 5.83. The molecule has 2 atom stereocenters. The molecule has 1 aliphatic carbocycles. The van der Waals surface area contributed by atoms with Gasteiger partial charge in [-0.25, -0.2) is 9.97 Å². The molecule has 3 N–H and O–H groups in total. The van der Waals surface area contributed by atoms with E-state index in [1.165, 1.54) is 0 Å². The van der Waals surface area contributed by atoms with Crippen LogP contribution in [0.2, 0.25) is 0 Å². The van der Waals surface area contributed by atoms with Gasteiger partial charge in [0.1, 0.15) is 17.5 Å². The highest BCUT2D eigenvalue weighted by molar-refractivity contribution is 5.55. The van der Waals surface area contributed by atoms with Crippen LogP contribution in [0.3, 0.4) is 0 Å². The third-order valence-corrected chi connectivity index (χ3v) is 4.15. The zero-order chi connectivity index (χ0) is 14.2. The minimum absolute atomic E-state index is 0.107. The highest BCUT2D eigenvalue weighted by Crippen LogP contribution is 2.44. The maximum Gasteiger partial charge on any atom is 0.134 e. The number of nitrogens with zero attached hydrogens (tertiary/aromatic N) is 2. The predicted octanol–water partition coefficient (Wildman–Crippen LogP) is 2.29. The van der Waals surface area contributed by atoms with Crippen LogP contribution < -0.4 is 11.1 Å². The number of nitrogens with one attached hydrogen (secondary N) is 1. The fraction of sp³-hybridized carbons (Fsp3) is 0.714. The molecule has 2 unspecified atom stereocenters. The van der Waals surface area contributed by atoms with Crippen molar-refractivity contribution in [3.05, 3.63) is 11.4 Å². The van der Waals surface area contributed by atoms with E-state index < -0.39 is 0 Å². The van der Waals surface area contributed by atoms with E-state index in [0.717, 1.165) is 24.4 Å². The maximum atomic E-state index is 5.88. The third-order valence-electron chi connectivity index (χ3n) is 4.15. The van der Waals surface area contributed by atoms with Gasteiger partial charge in [-0.15, -0.1) is 0 Å².